The fraction of sp³-hybridized carbons (Fsp3) is 0.238. The molecule has 0 bridgehead atoms. The molecule has 0 amide bonds. The first kappa shape index (κ1) is 15.9. The molecule has 134 valence electrons. The summed E-state index contributed by atoms with van der Waals surface area (Å²) in [6.45, 7) is 0. The molecule has 0 saturated heterocycles. The molecule has 1 N–H and O–H groups in total. The largest absolute Gasteiger partial charge is 0.366 e. The molecular formula is C21H20N6. The summed E-state index contributed by atoms with van der Waals surface area (Å²) in [5, 5.41) is 9.00. The predicted octanol–water partition coefficient (Wildman–Crippen LogP) is 3.39. The molecule has 0 saturated carbocycles. The first-order valence-corrected chi connectivity index (χ1v) is 9.21. The molecule has 27 heavy (non-hydrogen) atoms. The van der Waals surface area contributed by atoms with Gasteiger partial charge in [0.25, 0.3) is 0 Å². The zero-order valence-corrected chi connectivity index (χ0v) is 15.1. The Morgan fingerprint density at radius 3 is 2.70 bits per heavy atom. The molecule has 6 heteroatoms. The van der Waals surface area contributed by atoms with Gasteiger partial charge in [0.05, 0.1) is 11.6 Å². The summed E-state index contributed by atoms with van der Waals surface area (Å²) in [5.41, 5.74) is 4.66. The van der Waals surface area contributed by atoms with E-state index in [-0.39, 0.29) is 0 Å². The number of pyridine rings is 1. The fourth-order valence-corrected chi connectivity index (χ4v) is 3.78. The molecule has 1 atom stereocenters. The Bertz CT molecular complexity index is 1100. The maximum atomic E-state index is 4.83. The molecular weight excluding hydrogens is 336 g/mol. The van der Waals surface area contributed by atoms with Crippen LogP contribution in [0.3, 0.4) is 0 Å². The first-order chi connectivity index (χ1) is 13.3. The Labute approximate surface area is 157 Å². The number of fused-ring (bicyclic) bond motifs is 2. The van der Waals surface area contributed by atoms with Gasteiger partial charge in [-0.1, -0.05) is 24.3 Å². The van der Waals surface area contributed by atoms with Crippen molar-refractivity contribution in [2.45, 2.75) is 25.3 Å². The SMILES string of the molecule is Cn1ncc2c(N[C@@H]3CCc4ccccc4C3)nc(-c3ccncc3)nc21. The highest BCUT2D eigenvalue weighted by Gasteiger charge is 2.21. The maximum absolute atomic E-state index is 4.83. The van der Waals surface area contributed by atoms with Crippen LogP contribution in [0.4, 0.5) is 5.82 Å². The fourth-order valence-electron chi connectivity index (χ4n) is 3.78. The van der Waals surface area contributed by atoms with Crippen LogP contribution in [0.2, 0.25) is 0 Å². The Hall–Kier alpha value is -3.28. The number of hydrogen-bond donors (Lipinski definition) is 1. The average molecular weight is 356 g/mol. The van der Waals surface area contributed by atoms with Crippen LogP contribution in [0.1, 0.15) is 17.5 Å². The Balaban J connectivity index is 1.53. The van der Waals surface area contributed by atoms with E-state index in [1.807, 2.05) is 25.4 Å². The van der Waals surface area contributed by atoms with Crippen LogP contribution >= 0.6 is 0 Å². The lowest BCUT2D eigenvalue weighted by atomic mass is 9.88. The van der Waals surface area contributed by atoms with Gasteiger partial charge in [0, 0.05) is 31.0 Å². The number of nitrogens with one attached hydrogen (secondary N) is 1. The van der Waals surface area contributed by atoms with Gasteiger partial charge in [-0.3, -0.25) is 9.67 Å². The highest BCUT2D eigenvalue weighted by molar-refractivity contribution is 5.88. The van der Waals surface area contributed by atoms with Crippen molar-refractivity contribution in [3.05, 3.63) is 66.1 Å². The van der Waals surface area contributed by atoms with Gasteiger partial charge in [0.1, 0.15) is 5.82 Å². The minimum atomic E-state index is 0.350. The van der Waals surface area contributed by atoms with Crippen molar-refractivity contribution in [1.82, 2.24) is 24.7 Å². The van der Waals surface area contributed by atoms with E-state index in [1.54, 1.807) is 17.1 Å². The third kappa shape index (κ3) is 2.93. The van der Waals surface area contributed by atoms with Crippen LogP contribution in [-0.4, -0.2) is 30.8 Å². The highest BCUT2D eigenvalue weighted by Crippen LogP contribution is 2.28. The summed E-state index contributed by atoms with van der Waals surface area (Å²) < 4.78 is 1.79. The van der Waals surface area contributed by atoms with E-state index in [0.717, 1.165) is 41.7 Å². The van der Waals surface area contributed by atoms with Crippen molar-refractivity contribution in [3.63, 3.8) is 0 Å². The zero-order chi connectivity index (χ0) is 18.2. The van der Waals surface area contributed by atoms with Gasteiger partial charge in [0.15, 0.2) is 11.5 Å². The van der Waals surface area contributed by atoms with Crippen molar-refractivity contribution >= 4 is 16.9 Å². The summed E-state index contributed by atoms with van der Waals surface area (Å²) in [4.78, 5) is 13.6. The van der Waals surface area contributed by atoms with Crippen LogP contribution in [-0.2, 0) is 19.9 Å². The molecule has 1 aliphatic rings. The van der Waals surface area contributed by atoms with E-state index in [2.05, 4.69) is 39.7 Å². The van der Waals surface area contributed by atoms with Gasteiger partial charge in [-0.15, -0.1) is 0 Å². The highest BCUT2D eigenvalue weighted by atomic mass is 15.3. The molecule has 4 aromatic rings. The molecule has 1 aromatic carbocycles. The van der Waals surface area contributed by atoms with E-state index < -0.39 is 0 Å². The van der Waals surface area contributed by atoms with E-state index in [9.17, 15) is 0 Å². The Morgan fingerprint density at radius 2 is 1.85 bits per heavy atom. The van der Waals surface area contributed by atoms with Crippen LogP contribution in [0, 0.1) is 0 Å². The molecule has 1 aliphatic carbocycles. The molecule has 6 nitrogen and oxygen atoms in total. The summed E-state index contributed by atoms with van der Waals surface area (Å²) >= 11 is 0. The van der Waals surface area contributed by atoms with Crippen molar-refractivity contribution < 1.29 is 0 Å². The van der Waals surface area contributed by atoms with Gasteiger partial charge >= 0.3 is 0 Å². The summed E-state index contributed by atoms with van der Waals surface area (Å²) in [6, 6.07) is 12.9. The smallest absolute Gasteiger partial charge is 0.164 e. The maximum Gasteiger partial charge on any atom is 0.164 e. The Morgan fingerprint density at radius 1 is 1.04 bits per heavy atom. The van der Waals surface area contributed by atoms with Gasteiger partial charge in [-0.2, -0.15) is 5.10 Å². The van der Waals surface area contributed by atoms with Crippen molar-refractivity contribution in [2.75, 3.05) is 5.32 Å². The second-order valence-corrected chi connectivity index (χ2v) is 6.99. The number of benzene rings is 1. The van der Waals surface area contributed by atoms with E-state index in [4.69, 9.17) is 9.97 Å². The third-order valence-corrected chi connectivity index (χ3v) is 5.22. The molecule has 0 spiro atoms. The van der Waals surface area contributed by atoms with Crippen LogP contribution in [0.5, 0.6) is 0 Å². The van der Waals surface area contributed by atoms with E-state index >= 15 is 0 Å². The first-order valence-electron chi connectivity index (χ1n) is 9.21. The number of rotatable bonds is 3. The zero-order valence-electron chi connectivity index (χ0n) is 15.1. The second-order valence-electron chi connectivity index (χ2n) is 6.99. The topological polar surface area (TPSA) is 68.5 Å². The van der Waals surface area contributed by atoms with Gasteiger partial charge in [-0.05, 0) is 42.5 Å². The standard InChI is InChI=1S/C21H20N6/c1-27-21-18(13-23-27)20(25-19(26-21)15-8-10-22-11-9-15)24-17-7-6-14-4-2-3-5-16(14)12-17/h2-5,8-11,13,17H,6-7,12H2,1H3,(H,24,25,26)/t17-/m1/s1. The molecule has 0 radical (unpaired) electrons. The predicted molar refractivity (Wildman–Crippen MR) is 105 cm³/mol. The summed E-state index contributed by atoms with van der Waals surface area (Å²) in [7, 11) is 1.91. The van der Waals surface area contributed by atoms with E-state index in [1.165, 1.54) is 11.1 Å². The van der Waals surface area contributed by atoms with Crippen molar-refractivity contribution in [1.29, 1.82) is 0 Å². The molecule has 3 aromatic heterocycles. The summed E-state index contributed by atoms with van der Waals surface area (Å²) in [5.74, 6) is 1.54. The van der Waals surface area contributed by atoms with Crippen LogP contribution < -0.4 is 5.32 Å². The minimum Gasteiger partial charge on any atom is -0.366 e. The number of hydrogen-bond acceptors (Lipinski definition) is 5. The monoisotopic (exact) mass is 356 g/mol. The number of anilines is 1. The minimum absolute atomic E-state index is 0.350. The normalized spacial score (nSPS) is 16.3. The van der Waals surface area contributed by atoms with Crippen molar-refractivity contribution in [2.24, 2.45) is 7.05 Å². The lowest BCUT2D eigenvalue weighted by Gasteiger charge is -2.26. The van der Waals surface area contributed by atoms with Crippen molar-refractivity contribution in [3.8, 4) is 11.4 Å². The molecule has 0 aliphatic heterocycles. The van der Waals surface area contributed by atoms with Gasteiger partial charge in [-0.25, -0.2) is 9.97 Å². The summed E-state index contributed by atoms with van der Waals surface area (Å²) in [6.07, 6.45) is 8.55. The van der Waals surface area contributed by atoms with Crippen LogP contribution in [0.25, 0.3) is 22.4 Å². The molecule has 0 unspecified atom stereocenters. The second kappa shape index (κ2) is 6.46. The quantitative estimate of drug-likeness (QED) is 0.609. The lowest BCUT2D eigenvalue weighted by Crippen LogP contribution is -2.28. The number of aryl methyl sites for hydroxylation is 2. The molecule has 5 rings (SSSR count). The van der Waals surface area contributed by atoms with E-state index in [0.29, 0.717) is 11.9 Å². The number of aromatic nitrogens is 5. The number of nitrogens with zero attached hydrogens (tertiary/aromatic N) is 5. The molecule has 0 fully saturated rings. The Kier molecular flexibility index (Phi) is 3.81. The lowest BCUT2D eigenvalue weighted by molar-refractivity contribution is 0.609. The molecule has 3 heterocycles. The van der Waals surface area contributed by atoms with Crippen LogP contribution in [0.15, 0.2) is 55.0 Å². The third-order valence-electron chi connectivity index (χ3n) is 5.22. The average Bonchev–Trinajstić information content (AvgIpc) is 3.10. The van der Waals surface area contributed by atoms with Gasteiger partial charge < -0.3 is 5.32 Å². The van der Waals surface area contributed by atoms with Gasteiger partial charge in [0.2, 0.25) is 0 Å².